The van der Waals surface area contributed by atoms with Crippen molar-refractivity contribution in [1.82, 2.24) is 4.90 Å². The van der Waals surface area contributed by atoms with Crippen LogP contribution >= 0.6 is 15.9 Å². The first kappa shape index (κ1) is 13.3. The van der Waals surface area contributed by atoms with Crippen LogP contribution in [0.25, 0.3) is 0 Å². The fourth-order valence-corrected chi connectivity index (χ4v) is 3.30. The number of hydrogen-bond acceptors (Lipinski definition) is 2. The second-order valence-electron chi connectivity index (χ2n) is 5.01. The van der Waals surface area contributed by atoms with E-state index in [1.165, 1.54) is 32.1 Å². The highest BCUT2D eigenvalue weighted by Crippen LogP contribution is 2.25. The Morgan fingerprint density at radius 3 is 2.53 bits per heavy atom. The highest BCUT2D eigenvalue weighted by molar-refractivity contribution is 9.09. The second-order valence-corrected chi connectivity index (χ2v) is 5.81. The number of rotatable bonds is 4. The minimum absolute atomic E-state index is 0.157. The first-order valence-electron chi connectivity index (χ1n) is 6.81. The summed E-state index contributed by atoms with van der Waals surface area (Å²) in [5.41, 5.74) is 0. The summed E-state index contributed by atoms with van der Waals surface area (Å²) in [5, 5.41) is 0.863. The lowest BCUT2D eigenvalue weighted by Gasteiger charge is -2.35. The SMILES string of the molecule is O=C(C1CCCO1)N(CCBr)C1CCCCC1. The molecule has 3 nitrogen and oxygen atoms in total. The van der Waals surface area contributed by atoms with Gasteiger partial charge in [-0.2, -0.15) is 0 Å². The van der Waals surface area contributed by atoms with E-state index in [2.05, 4.69) is 20.8 Å². The fourth-order valence-electron chi connectivity index (χ4n) is 2.91. The summed E-state index contributed by atoms with van der Waals surface area (Å²) >= 11 is 3.46. The maximum atomic E-state index is 12.4. The van der Waals surface area contributed by atoms with Crippen molar-refractivity contribution in [2.45, 2.75) is 57.1 Å². The van der Waals surface area contributed by atoms with E-state index < -0.39 is 0 Å². The maximum Gasteiger partial charge on any atom is 0.251 e. The minimum Gasteiger partial charge on any atom is -0.368 e. The van der Waals surface area contributed by atoms with Gasteiger partial charge in [0.2, 0.25) is 0 Å². The third kappa shape index (κ3) is 3.44. The lowest BCUT2D eigenvalue weighted by atomic mass is 9.93. The van der Waals surface area contributed by atoms with Crippen LogP contribution in [-0.4, -0.2) is 41.4 Å². The molecule has 0 aromatic heterocycles. The molecule has 1 aliphatic carbocycles. The second kappa shape index (κ2) is 6.74. The summed E-state index contributed by atoms with van der Waals surface area (Å²) in [6.45, 7) is 1.58. The van der Waals surface area contributed by atoms with Gasteiger partial charge in [0.15, 0.2) is 0 Å². The Labute approximate surface area is 112 Å². The number of carbonyl (C=O) groups is 1. The molecule has 0 radical (unpaired) electrons. The van der Waals surface area contributed by atoms with Gasteiger partial charge in [0.25, 0.3) is 5.91 Å². The summed E-state index contributed by atoms with van der Waals surface area (Å²) in [6, 6.07) is 0.456. The van der Waals surface area contributed by atoms with Gasteiger partial charge in [-0.25, -0.2) is 0 Å². The van der Waals surface area contributed by atoms with Gasteiger partial charge in [-0.1, -0.05) is 35.2 Å². The Bertz CT molecular complexity index is 248. The van der Waals surface area contributed by atoms with Crippen LogP contribution in [-0.2, 0) is 9.53 Å². The molecular weight excluding hydrogens is 282 g/mol. The Balaban J connectivity index is 1.96. The highest BCUT2D eigenvalue weighted by Gasteiger charge is 2.32. The number of ether oxygens (including phenoxy) is 1. The predicted molar refractivity (Wildman–Crippen MR) is 71.4 cm³/mol. The number of hydrogen-bond donors (Lipinski definition) is 0. The number of nitrogens with zero attached hydrogens (tertiary/aromatic N) is 1. The standard InChI is InChI=1S/C13H22BrNO2/c14-8-9-15(11-5-2-1-3-6-11)13(16)12-7-4-10-17-12/h11-12H,1-10H2. The molecule has 2 fully saturated rings. The van der Waals surface area contributed by atoms with E-state index in [0.29, 0.717) is 6.04 Å². The molecule has 2 aliphatic rings. The van der Waals surface area contributed by atoms with Gasteiger partial charge < -0.3 is 9.64 Å². The van der Waals surface area contributed by atoms with Crippen LogP contribution in [0.4, 0.5) is 0 Å². The van der Waals surface area contributed by atoms with Gasteiger partial charge in [0.1, 0.15) is 6.10 Å². The van der Waals surface area contributed by atoms with Gasteiger partial charge in [-0.05, 0) is 25.7 Å². The molecule has 0 N–H and O–H groups in total. The smallest absolute Gasteiger partial charge is 0.251 e. The molecule has 2 rings (SSSR count). The van der Waals surface area contributed by atoms with E-state index in [4.69, 9.17) is 4.74 Å². The summed E-state index contributed by atoms with van der Waals surface area (Å²) < 4.78 is 5.53. The molecule has 1 saturated carbocycles. The summed E-state index contributed by atoms with van der Waals surface area (Å²) in [7, 11) is 0. The number of amides is 1. The van der Waals surface area contributed by atoms with Crippen molar-refractivity contribution in [3.63, 3.8) is 0 Å². The fraction of sp³-hybridized carbons (Fsp3) is 0.923. The van der Waals surface area contributed by atoms with Crippen LogP contribution in [0.1, 0.15) is 44.9 Å². The Hall–Kier alpha value is -0.0900. The Kier molecular flexibility index (Phi) is 5.29. The molecule has 1 saturated heterocycles. The van der Waals surface area contributed by atoms with E-state index in [1.54, 1.807) is 0 Å². The monoisotopic (exact) mass is 303 g/mol. The number of alkyl halides is 1. The lowest BCUT2D eigenvalue weighted by Crippen LogP contribution is -2.47. The van der Waals surface area contributed by atoms with Crippen molar-refractivity contribution in [2.24, 2.45) is 0 Å². The average Bonchev–Trinajstić information content (AvgIpc) is 2.90. The van der Waals surface area contributed by atoms with Crippen LogP contribution < -0.4 is 0 Å². The van der Waals surface area contributed by atoms with Crippen LogP contribution in [0, 0.1) is 0 Å². The van der Waals surface area contributed by atoms with Crippen molar-refractivity contribution in [3.05, 3.63) is 0 Å². The molecule has 0 aromatic rings. The molecule has 0 bridgehead atoms. The van der Waals surface area contributed by atoms with Gasteiger partial charge in [-0.3, -0.25) is 4.79 Å². The topological polar surface area (TPSA) is 29.5 Å². The first-order valence-corrected chi connectivity index (χ1v) is 7.93. The molecule has 1 aliphatic heterocycles. The summed E-state index contributed by atoms with van der Waals surface area (Å²) in [6.07, 6.45) is 7.98. The van der Waals surface area contributed by atoms with Crippen molar-refractivity contribution in [1.29, 1.82) is 0 Å². The van der Waals surface area contributed by atoms with Gasteiger partial charge in [0, 0.05) is 24.5 Å². The quantitative estimate of drug-likeness (QED) is 0.747. The molecular formula is C13H22BrNO2. The Morgan fingerprint density at radius 1 is 1.18 bits per heavy atom. The largest absolute Gasteiger partial charge is 0.368 e. The molecule has 98 valence electrons. The van der Waals surface area contributed by atoms with Crippen molar-refractivity contribution in [2.75, 3.05) is 18.5 Å². The van der Waals surface area contributed by atoms with Crippen molar-refractivity contribution in [3.8, 4) is 0 Å². The number of carbonyl (C=O) groups excluding carboxylic acids is 1. The van der Waals surface area contributed by atoms with Gasteiger partial charge in [-0.15, -0.1) is 0 Å². The van der Waals surface area contributed by atoms with Gasteiger partial charge in [0.05, 0.1) is 0 Å². The van der Waals surface area contributed by atoms with Crippen molar-refractivity contribution >= 4 is 21.8 Å². The van der Waals surface area contributed by atoms with Crippen LogP contribution in [0.15, 0.2) is 0 Å². The zero-order chi connectivity index (χ0) is 12.1. The highest BCUT2D eigenvalue weighted by atomic mass is 79.9. The molecule has 1 atom stereocenters. The van der Waals surface area contributed by atoms with E-state index in [9.17, 15) is 4.79 Å². The van der Waals surface area contributed by atoms with Crippen LogP contribution in [0.3, 0.4) is 0 Å². The first-order chi connectivity index (χ1) is 8.33. The summed E-state index contributed by atoms with van der Waals surface area (Å²) in [4.78, 5) is 14.5. The Morgan fingerprint density at radius 2 is 1.94 bits per heavy atom. The predicted octanol–water partition coefficient (Wildman–Crippen LogP) is 2.72. The van der Waals surface area contributed by atoms with Crippen LogP contribution in [0.5, 0.6) is 0 Å². The number of halogens is 1. The van der Waals surface area contributed by atoms with Crippen molar-refractivity contribution < 1.29 is 9.53 Å². The van der Waals surface area contributed by atoms with E-state index >= 15 is 0 Å². The van der Waals surface area contributed by atoms with E-state index in [1.807, 2.05) is 0 Å². The average molecular weight is 304 g/mol. The normalized spacial score (nSPS) is 26.1. The van der Waals surface area contributed by atoms with E-state index in [-0.39, 0.29) is 12.0 Å². The molecule has 17 heavy (non-hydrogen) atoms. The third-order valence-corrected chi connectivity index (χ3v) is 4.18. The molecule has 1 unspecified atom stereocenters. The minimum atomic E-state index is -0.157. The van der Waals surface area contributed by atoms with Gasteiger partial charge >= 0.3 is 0 Å². The zero-order valence-electron chi connectivity index (χ0n) is 10.4. The summed E-state index contributed by atoms with van der Waals surface area (Å²) in [5.74, 6) is 0.230. The third-order valence-electron chi connectivity index (χ3n) is 3.83. The zero-order valence-corrected chi connectivity index (χ0v) is 12.0. The molecule has 1 amide bonds. The molecule has 0 aromatic carbocycles. The van der Waals surface area contributed by atoms with Crippen LogP contribution in [0.2, 0.25) is 0 Å². The van der Waals surface area contributed by atoms with E-state index in [0.717, 1.165) is 31.3 Å². The maximum absolute atomic E-state index is 12.4. The molecule has 4 heteroatoms. The molecule has 0 spiro atoms. The lowest BCUT2D eigenvalue weighted by molar-refractivity contribution is -0.143. The molecule has 1 heterocycles.